The third-order valence-corrected chi connectivity index (χ3v) is 5.93. The second kappa shape index (κ2) is 7.38. The Morgan fingerprint density at radius 3 is 2.52 bits per heavy atom. The zero-order valence-corrected chi connectivity index (χ0v) is 16.7. The molecule has 27 heavy (non-hydrogen) atoms. The molecule has 0 unspecified atom stereocenters. The molecule has 0 saturated heterocycles. The summed E-state index contributed by atoms with van der Waals surface area (Å²) in [6, 6.07) is 8.05. The van der Waals surface area contributed by atoms with Crippen LogP contribution in [0.3, 0.4) is 0 Å². The predicted molar refractivity (Wildman–Crippen MR) is 105 cm³/mol. The molecule has 2 aromatic carbocycles. The number of thiazole rings is 1. The van der Waals surface area contributed by atoms with Crippen LogP contribution in [0.1, 0.15) is 15.4 Å². The fraction of sp³-hybridized carbons (Fsp3) is 0.111. The summed E-state index contributed by atoms with van der Waals surface area (Å²) in [4.78, 5) is 16.5. The SMILES string of the molecule is Cc1nc(-c2ccc(NC(=O)c3ccc(S(C)(=O)=O)cc3F)cc2Cl)cs1. The summed E-state index contributed by atoms with van der Waals surface area (Å²) in [5.41, 5.74) is 1.58. The molecule has 1 amide bonds. The van der Waals surface area contributed by atoms with Crippen molar-refractivity contribution in [1.82, 2.24) is 4.98 Å². The van der Waals surface area contributed by atoms with Gasteiger partial charge in [0.05, 0.1) is 26.2 Å². The van der Waals surface area contributed by atoms with Crippen LogP contribution in [-0.2, 0) is 9.84 Å². The molecular formula is C18H14ClFN2O3S2. The Bertz CT molecular complexity index is 1140. The number of amides is 1. The lowest BCUT2D eigenvalue weighted by Crippen LogP contribution is -2.14. The quantitative estimate of drug-likeness (QED) is 0.665. The Morgan fingerprint density at radius 1 is 1.22 bits per heavy atom. The van der Waals surface area contributed by atoms with Crippen molar-refractivity contribution in [1.29, 1.82) is 0 Å². The second-order valence-electron chi connectivity index (χ2n) is 5.81. The maximum atomic E-state index is 14.1. The highest BCUT2D eigenvalue weighted by atomic mass is 35.5. The molecule has 0 radical (unpaired) electrons. The number of hydrogen-bond donors (Lipinski definition) is 1. The fourth-order valence-electron chi connectivity index (χ4n) is 2.40. The van der Waals surface area contributed by atoms with Gasteiger partial charge in [-0.05, 0) is 43.3 Å². The smallest absolute Gasteiger partial charge is 0.258 e. The van der Waals surface area contributed by atoms with Crippen molar-refractivity contribution in [3.8, 4) is 11.3 Å². The molecule has 140 valence electrons. The van der Waals surface area contributed by atoms with E-state index < -0.39 is 21.6 Å². The van der Waals surface area contributed by atoms with Crippen LogP contribution in [0.25, 0.3) is 11.3 Å². The highest BCUT2D eigenvalue weighted by Crippen LogP contribution is 2.31. The van der Waals surface area contributed by atoms with Gasteiger partial charge in [-0.2, -0.15) is 0 Å². The zero-order valence-electron chi connectivity index (χ0n) is 14.3. The van der Waals surface area contributed by atoms with Crippen LogP contribution in [0.15, 0.2) is 46.7 Å². The predicted octanol–water partition coefficient (Wildman–Crippen LogP) is 4.57. The number of halogens is 2. The van der Waals surface area contributed by atoms with Gasteiger partial charge in [0.2, 0.25) is 0 Å². The standard InChI is InChI=1S/C18H14ClFN2O3S2/c1-10-21-17(9-26-10)13-5-3-11(7-15(13)19)22-18(23)14-6-4-12(8-16(14)20)27(2,24)25/h3-9H,1-2H3,(H,22,23). The molecule has 0 fully saturated rings. The average Bonchev–Trinajstić information content (AvgIpc) is 3.00. The Balaban J connectivity index is 1.83. The van der Waals surface area contributed by atoms with E-state index in [-0.39, 0.29) is 10.5 Å². The van der Waals surface area contributed by atoms with Gasteiger partial charge in [-0.3, -0.25) is 4.79 Å². The van der Waals surface area contributed by atoms with Crippen molar-refractivity contribution in [2.45, 2.75) is 11.8 Å². The number of rotatable bonds is 4. The molecule has 1 aromatic heterocycles. The number of aryl methyl sites for hydroxylation is 1. The van der Waals surface area contributed by atoms with Crippen LogP contribution >= 0.6 is 22.9 Å². The summed E-state index contributed by atoms with van der Waals surface area (Å²) < 4.78 is 37.1. The van der Waals surface area contributed by atoms with Gasteiger partial charge >= 0.3 is 0 Å². The summed E-state index contributed by atoms with van der Waals surface area (Å²) in [5.74, 6) is -1.63. The maximum absolute atomic E-state index is 14.1. The number of anilines is 1. The monoisotopic (exact) mass is 424 g/mol. The minimum atomic E-state index is -3.56. The van der Waals surface area contributed by atoms with Crippen LogP contribution in [0.5, 0.6) is 0 Å². The van der Waals surface area contributed by atoms with Crippen molar-refractivity contribution in [2.24, 2.45) is 0 Å². The summed E-state index contributed by atoms with van der Waals surface area (Å²) in [6.45, 7) is 1.89. The molecule has 0 aliphatic rings. The van der Waals surface area contributed by atoms with Crippen molar-refractivity contribution >= 4 is 44.4 Å². The molecule has 9 heteroatoms. The summed E-state index contributed by atoms with van der Waals surface area (Å²) in [7, 11) is -3.56. The number of aromatic nitrogens is 1. The normalized spacial score (nSPS) is 11.4. The van der Waals surface area contributed by atoms with E-state index in [4.69, 9.17) is 11.6 Å². The first-order valence-electron chi connectivity index (χ1n) is 7.68. The molecule has 1 heterocycles. The molecular weight excluding hydrogens is 411 g/mol. The van der Waals surface area contributed by atoms with Gasteiger partial charge in [-0.1, -0.05) is 11.6 Å². The molecule has 5 nitrogen and oxygen atoms in total. The van der Waals surface area contributed by atoms with Gasteiger partial charge in [0.15, 0.2) is 9.84 Å². The zero-order chi connectivity index (χ0) is 19.8. The number of benzene rings is 2. The third-order valence-electron chi connectivity index (χ3n) is 3.74. The highest BCUT2D eigenvalue weighted by Gasteiger charge is 2.17. The number of hydrogen-bond acceptors (Lipinski definition) is 5. The molecule has 0 bridgehead atoms. The third kappa shape index (κ3) is 4.35. The van der Waals surface area contributed by atoms with Crippen molar-refractivity contribution in [3.05, 3.63) is 63.2 Å². The van der Waals surface area contributed by atoms with E-state index in [0.717, 1.165) is 34.7 Å². The molecule has 0 atom stereocenters. The van der Waals surface area contributed by atoms with Crippen LogP contribution in [0.4, 0.5) is 10.1 Å². The Labute approximate surface area is 164 Å². The molecule has 1 N–H and O–H groups in total. The summed E-state index contributed by atoms with van der Waals surface area (Å²) in [5, 5.41) is 5.74. The van der Waals surface area contributed by atoms with Crippen LogP contribution in [0.2, 0.25) is 5.02 Å². The van der Waals surface area contributed by atoms with Gasteiger partial charge in [0.25, 0.3) is 5.91 Å². The van der Waals surface area contributed by atoms with Gasteiger partial charge < -0.3 is 5.32 Å². The van der Waals surface area contributed by atoms with E-state index in [1.807, 2.05) is 12.3 Å². The summed E-state index contributed by atoms with van der Waals surface area (Å²) in [6.07, 6.45) is 0.967. The van der Waals surface area contributed by atoms with Crippen molar-refractivity contribution in [3.63, 3.8) is 0 Å². The number of nitrogens with one attached hydrogen (secondary N) is 1. The van der Waals surface area contributed by atoms with Crippen LogP contribution < -0.4 is 5.32 Å². The molecule has 3 rings (SSSR count). The van der Waals surface area contributed by atoms with Crippen molar-refractivity contribution in [2.75, 3.05) is 11.6 Å². The molecule has 0 aliphatic carbocycles. The van der Waals surface area contributed by atoms with E-state index in [2.05, 4.69) is 10.3 Å². The van der Waals surface area contributed by atoms with Crippen molar-refractivity contribution < 1.29 is 17.6 Å². The first kappa shape index (κ1) is 19.5. The molecule has 0 spiro atoms. The Morgan fingerprint density at radius 2 is 1.96 bits per heavy atom. The lowest BCUT2D eigenvalue weighted by Gasteiger charge is -2.09. The number of nitrogens with zero attached hydrogens (tertiary/aromatic N) is 1. The minimum Gasteiger partial charge on any atom is -0.322 e. The summed E-state index contributed by atoms with van der Waals surface area (Å²) >= 11 is 7.78. The highest BCUT2D eigenvalue weighted by molar-refractivity contribution is 7.90. The van der Waals surface area contributed by atoms with Gasteiger partial charge in [0.1, 0.15) is 5.82 Å². The minimum absolute atomic E-state index is 0.192. The number of carbonyl (C=O) groups is 1. The Kier molecular flexibility index (Phi) is 5.32. The largest absolute Gasteiger partial charge is 0.322 e. The van der Waals surface area contributed by atoms with E-state index in [1.165, 1.54) is 17.4 Å². The van der Waals surface area contributed by atoms with Crippen LogP contribution in [0, 0.1) is 12.7 Å². The van der Waals surface area contributed by atoms with E-state index in [1.54, 1.807) is 18.2 Å². The average molecular weight is 425 g/mol. The van der Waals surface area contributed by atoms with Gasteiger partial charge in [-0.25, -0.2) is 17.8 Å². The van der Waals surface area contributed by atoms with E-state index in [0.29, 0.717) is 10.7 Å². The number of carbonyl (C=O) groups excluding carboxylic acids is 1. The lowest BCUT2D eigenvalue weighted by molar-refractivity contribution is 0.102. The van der Waals surface area contributed by atoms with Gasteiger partial charge in [-0.15, -0.1) is 11.3 Å². The lowest BCUT2D eigenvalue weighted by atomic mass is 10.1. The maximum Gasteiger partial charge on any atom is 0.258 e. The number of sulfone groups is 1. The molecule has 0 saturated carbocycles. The van der Waals surface area contributed by atoms with E-state index >= 15 is 0 Å². The fourth-order valence-corrected chi connectivity index (χ4v) is 3.92. The topological polar surface area (TPSA) is 76.1 Å². The van der Waals surface area contributed by atoms with E-state index in [9.17, 15) is 17.6 Å². The molecule has 3 aromatic rings. The van der Waals surface area contributed by atoms with Gasteiger partial charge in [0, 0.05) is 22.9 Å². The second-order valence-corrected chi connectivity index (χ2v) is 9.30. The van der Waals surface area contributed by atoms with Crippen LogP contribution in [-0.4, -0.2) is 25.6 Å². The first-order chi connectivity index (χ1) is 12.6. The molecule has 0 aliphatic heterocycles. The Hall–Kier alpha value is -2.29. The first-order valence-corrected chi connectivity index (χ1v) is 10.8.